The minimum atomic E-state index is -0.622. The topological polar surface area (TPSA) is 72.9 Å². The van der Waals surface area contributed by atoms with Crippen molar-refractivity contribution >= 4 is 28.5 Å². The summed E-state index contributed by atoms with van der Waals surface area (Å²) in [6.07, 6.45) is 1.55. The molecule has 5 rings (SSSR count). The second-order valence-corrected chi connectivity index (χ2v) is 7.44. The Bertz CT molecular complexity index is 1310. The maximum absolute atomic E-state index is 13.4. The van der Waals surface area contributed by atoms with Gasteiger partial charge < -0.3 is 18.5 Å². The van der Waals surface area contributed by atoms with E-state index in [0.717, 1.165) is 5.56 Å². The molecule has 0 saturated heterocycles. The molecule has 0 bridgehead atoms. The van der Waals surface area contributed by atoms with E-state index in [1.165, 1.54) is 0 Å². The molecule has 7 heteroatoms. The number of fused-ring (bicyclic) bond motifs is 2. The summed E-state index contributed by atoms with van der Waals surface area (Å²) in [4.78, 5) is 28.3. The molecule has 0 N–H and O–H groups in total. The third kappa shape index (κ3) is 2.88. The average molecular weight is 422 g/mol. The van der Waals surface area contributed by atoms with Gasteiger partial charge in [-0.05, 0) is 48.0 Å². The second-order valence-electron chi connectivity index (χ2n) is 7.00. The zero-order valence-electron chi connectivity index (χ0n) is 15.9. The molecular formula is C23H16ClNO5. The predicted molar refractivity (Wildman–Crippen MR) is 111 cm³/mol. The number of methoxy groups -OCH3 is 1. The molecule has 4 aromatic rings. The van der Waals surface area contributed by atoms with Crippen LogP contribution in [0.3, 0.4) is 0 Å². The zero-order valence-corrected chi connectivity index (χ0v) is 16.7. The first kappa shape index (κ1) is 18.5. The van der Waals surface area contributed by atoms with Crippen molar-refractivity contribution in [2.24, 2.45) is 0 Å². The fourth-order valence-corrected chi connectivity index (χ4v) is 4.03. The first-order valence-corrected chi connectivity index (χ1v) is 9.68. The van der Waals surface area contributed by atoms with E-state index >= 15 is 0 Å². The smallest absolute Gasteiger partial charge is 0.291 e. The van der Waals surface area contributed by atoms with Crippen LogP contribution in [0.5, 0.6) is 5.75 Å². The van der Waals surface area contributed by atoms with Gasteiger partial charge in [-0.1, -0.05) is 23.7 Å². The SMILES string of the molecule is COc1ccc([C@H]2c3c(oc4ccc(Cl)cc4c3=O)C(=O)N2Cc2ccco2)cc1. The van der Waals surface area contributed by atoms with Crippen molar-refractivity contribution in [3.05, 3.63) is 98.8 Å². The number of rotatable bonds is 4. The van der Waals surface area contributed by atoms with Crippen LogP contribution in [0.4, 0.5) is 0 Å². The van der Waals surface area contributed by atoms with Gasteiger partial charge >= 0.3 is 0 Å². The molecule has 3 heterocycles. The van der Waals surface area contributed by atoms with Crippen molar-refractivity contribution in [3.63, 3.8) is 0 Å². The maximum atomic E-state index is 13.4. The van der Waals surface area contributed by atoms with Gasteiger partial charge in [-0.15, -0.1) is 0 Å². The molecule has 1 amide bonds. The summed E-state index contributed by atoms with van der Waals surface area (Å²) in [5.41, 5.74) is 1.12. The van der Waals surface area contributed by atoms with Gasteiger partial charge in [0.15, 0.2) is 5.43 Å². The molecule has 1 atom stereocenters. The minimum Gasteiger partial charge on any atom is -0.497 e. The molecule has 0 spiro atoms. The van der Waals surface area contributed by atoms with Crippen molar-refractivity contribution in [3.8, 4) is 5.75 Å². The van der Waals surface area contributed by atoms with Gasteiger partial charge in [0.1, 0.15) is 17.1 Å². The van der Waals surface area contributed by atoms with Gasteiger partial charge in [-0.2, -0.15) is 0 Å². The number of hydrogen-bond acceptors (Lipinski definition) is 5. The molecular weight excluding hydrogens is 406 g/mol. The normalized spacial score (nSPS) is 15.6. The van der Waals surface area contributed by atoms with Gasteiger partial charge in [-0.3, -0.25) is 9.59 Å². The molecule has 0 aliphatic carbocycles. The van der Waals surface area contributed by atoms with Crippen LogP contribution in [0.25, 0.3) is 11.0 Å². The van der Waals surface area contributed by atoms with E-state index in [1.54, 1.807) is 60.7 Å². The molecule has 30 heavy (non-hydrogen) atoms. The van der Waals surface area contributed by atoms with Crippen LogP contribution >= 0.6 is 11.6 Å². The molecule has 150 valence electrons. The molecule has 2 aromatic carbocycles. The Hall–Kier alpha value is -3.51. The standard InChI is InChI=1S/C23H16ClNO5/c1-28-15-7-4-13(5-8-15)20-19-21(26)17-11-14(24)6-9-18(17)30-22(19)23(27)25(20)12-16-3-2-10-29-16/h2-11,20H,12H2,1H3/t20-/m0/s1. The minimum absolute atomic E-state index is 0.0437. The van der Waals surface area contributed by atoms with Crippen LogP contribution in [0, 0.1) is 0 Å². The number of ether oxygens (including phenoxy) is 1. The van der Waals surface area contributed by atoms with Crippen LogP contribution < -0.4 is 10.2 Å². The summed E-state index contributed by atoms with van der Waals surface area (Å²) in [6.45, 7) is 0.198. The van der Waals surface area contributed by atoms with Gasteiger partial charge in [0.25, 0.3) is 5.91 Å². The highest BCUT2D eigenvalue weighted by Crippen LogP contribution is 2.39. The third-order valence-corrected chi connectivity index (χ3v) is 5.50. The number of hydrogen-bond donors (Lipinski definition) is 0. The maximum Gasteiger partial charge on any atom is 0.291 e. The molecule has 1 aliphatic heterocycles. The number of halogens is 1. The number of nitrogens with zero attached hydrogens (tertiary/aromatic N) is 1. The molecule has 1 aliphatic rings. The largest absolute Gasteiger partial charge is 0.497 e. The van der Waals surface area contributed by atoms with Gasteiger partial charge in [0.05, 0.1) is 36.9 Å². The van der Waals surface area contributed by atoms with Crippen molar-refractivity contribution in [2.45, 2.75) is 12.6 Å². The molecule has 2 aromatic heterocycles. The molecule has 0 unspecified atom stereocenters. The Morgan fingerprint density at radius 2 is 1.90 bits per heavy atom. The molecule has 0 fully saturated rings. The van der Waals surface area contributed by atoms with E-state index in [1.807, 2.05) is 12.1 Å². The number of amides is 1. The summed E-state index contributed by atoms with van der Waals surface area (Å²) in [5.74, 6) is 0.964. The second kappa shape index (κ2) is 7.07. The highest BCUT2D eigenvalue weighted by Gasteiger charge is 2.43. The lowest BCUT2D eigenvalue weighted by Gasteiger charge is -2.24. The lowest BCUT2D eigenvalue weighted by molar-refractivity contribution is 0.0701. The summed E-state index contributed by atoms with van der Waals surface area (Å²) < 4.78 is 16.6. The Morgan fingerprint density at radius 1 is 1.10 bits per heavy atom. The quantitative estimate of drug-likeness (QED) is 0.473. The Morgan fingerprint density at radius 3 is 2.60 bits per heavy atom. The van der Waals surface area contributed by atoms with Crippen LogP contribution in [-0.4, -0.2) is 17.9 Å². The number of carbonyl (C=O) groups excluding carboxylic acids is 1. The van der Waals surface area contributed by atoms with Crippen molar-refractivity contribution in [1.82, 2.24) is 4.90 Å². The molecule has 0 radical (unpaired) electrons. The third-order valence-electron chi connectivity index (χ3n) is 5.27. The first-order valence-electron chi connectivity index (χ1n) is 9.30. The van der Waals surface area contributed by atoms with Gasteiger partial charge in [0.2, 0.25) is 5.76 Å². The number of furan rings is 1. The Labute approximate surface area is 176 Å². The lowest BCUT2D eigenvalue weighted by atomic mass is 9.98. The predicted octanol–water partition coefficient (Wildman–Crippen LogP) is 4.79. The lowest BCUT2D eigenvalue weighted by Crippen LogP contribution is -2.29. The fourth-order valence-electron chi connectivity index (χ4n) is 3.86. The summed E-state index contributed by atoms with van der Waals surface area (Å²) in [5, 5.41) is 0.764. The number of carbonyl (C=O) groups is 1. The Balaban J connectivity index is 1.73. The zero-order chi connectivity index (χ0) is 20.8. The Kier molecular flexibility index (Phi) is 4.37. The summed E-state index contributed by atoms with van der Waals surface area (Å²) >= 11 is 6.10. The van der Waals surface area contributed by atoms with Crippen molar-refractivity contribution in [2.75, 3.05) is 7.11 Å². The molecule has 6 nitrogen and oxygen atoms in total. The first-order chi connectivity index (χ1) is 14.6. The van der Waals surface area contributed by atoms with Crippen molar-refractivity contribution in [1.29, 1.82) is 0 Å². The van der Waals surface area contributed by atoms with Gasteiger partial charge in [-0.25, -0.2) is 0 Å². The van der Waals surface area contributed by atoms with E-state index in [9.17, 15) is 9.59 Å². The van der Waals surface area contributed by atoms with E-state index in [-0.39, 0.29) is 23.6 Å². The van der Waals surface area contributed by atoms with E-state index in [4.69, 9.17) is 25.2 Å². The fraction of sp³-hybridized carbons (Fsp3) is 0.130. The van der Waals surface area contributed by atoms with E-state index in [0.29, 0.717) is 33.1 Å². The highest BCUT2D eigenvalue weighted by atomic mass is 35.5. The summed E-state index contributed by atoms with van der Waals surface area (Å²) in [7, 11) is 1.58. The van der Waals surface area contributed by atoms with Crippen LogP contribution in [0.15, 0.2) is 74.5 Å². The molecule has 0 saturated carbocycles. The van der Waals surface area contributed by atoms with E-state index in [2.05, 4.69) is 0 Å². The number of benzene rings is 2. The highest BCUT2D eigenvalue weighted by molar-refractivity contribution is 6.31. The monoisotopic (exact) mass is 421 g/mol. The van der Waals surface area contributed by atoms with Gasteiger partial charge in [0, 0.05) is 5.02 Å². The van der Waals surface area contributed by atoms with Crippen LogP contribution in [0.1, 0.15) is 33.5 Å². The van der Waals surface area contributed by atoms with Crippen LogP contribution in [0.2, 0.25) is 5.02 Å². The summed E-state index contributed by atoms with van der Waals surface area (Å²) in [6, 6.07) is 15.0. The van der Waals surface area contributed by atoms with E-state index < -0.39 is 6.04 Å². The van der Waals surface area contributed by atoms with Crippen molar-refractivity contribution < 1.29 is 18.4 Å². The average Bonchev–Trinajstić information content (AvgIpc) is 3.37. The van der Waals surface area contributed by atoms with Crippen LogP contribution in [-0.2, 0) is 6.54 Å².